The normalized spacial score (nSPS) is 11.1. The molecule has 6 nitrogen and oxygen atoms in total. The predicted octanol–water partition coefficient (Wildman–Crippen LogP) is 6.16. The Labute approximate surface area is 206 Å². The molecule has 0 aliphatic heterocycles. The highest BCUT2D eigenvalue weighted by atomic mass is 32.2. The molecule has 3 aromatic rings. The second-order valence-corrected chi connectivity index (χ2v) is 8.68. The van der Waals surface area contributed by atoms with Gasteiger partial charge in [0.25, 0.3) is 0 Å². The third kappa shape index (κ3) is 7.09. The molecule has 0 N–H and O–H groups in total. The summed E-state index contributed by atoms with van der Waals surface area (Å²) in [6.07, 6.45) is 0. The van der Waals surface area contributed by atoms with Gasteiger partial charge in [-0.2, -0.15) is 0 Å². The van der Waals surface area contributed by atoms with Gasteiger partial charge < -0.3 is 23.8 Å². The number of rotatable bonds is 10. The van der Waals surface area contributed by atoms with Crippen molar-refractivity contribution in [2.24, 2.45) is 4.99 Å². The molecule has 0 saturated carbocycles. The van der Waals surface area contributed by atoms with Gasteiger partial charge in [-0.3, -0.25) is 0 Å². The Bertz CT molecular complexity index is 997. The molecule has 0 amide bonds. The number of ether oxygens (including phenoxy) is 4. The van der Waals surface area contributed by atoms with Gasteiger partial charge in [0, 0.05) is 31.3 Å². The van der Waals surface area contributed by atoms with Gasteiger partial charge in [0.2, 0.25) is 0 Å². The van der Waals surface area contributed by atoms with Gasteiger partial charge in [-0.1, -0.05) is 43.0 Å². The van der Waals surface area contributed by atoms with E-state index in [2.05, 4.69) is 36.1 Å². The highest BCUT2D eigenvalue weighted by Crippen LogP contribution is 2.30. The van der Waals surface area contributed by atoms with Crippen LogP contribution in [0.4, 0.5) is 5.69 Å². The molecule has 0 fully saturated rings. The van der Waals surface area contributed by atoms with Crippen molar-refractivity contribution in [3.63, 3.8) is 0 Å². The minimum absolute atomic E-state index is 0.697. The van der Waals surface area contributed by atoms with E-state index in [1.807, 2.05) is 42.5 Å². The van der Waals surface area contributed by atoms with Crippen LogP contribution < -0.4 is 18.9 Å². The molecule has 0 aliphatic carbocycles. The second-order valence-electron chi connectivity index (χ2n) is 7.45. The van der Waals surface area contributed by atoms with Gasteiger partial charge in [0.1, 0.15) is 23.0 Å². The predicted molar refractivity (Wildman–Crippen MR) is 140 cm³/mol. The summed E-state index contributed by atoms with van der Waals surface area (Å²) in [5.41, 5.74) is 3.12. The van der Waals surface area contributed by atoms with E-state index in [9.17, 15) is 0 Å². The van der Waals surface area contributed by atoms with Crippen molar-refractivity contribution in [2.75, 3.05) is 34.2 Å². The molecule has 34 heavy (non-hydrogen) atoms. The molecule has 0 spiro atoms. The molecule has 0 aromatic heterocycles. The molecule has 0 radical (unpaired) electrons. The summed E-state index contributed by atoms with van der Waals surface area (Å²) in [6.45, 7) is 3.53. The van der Waals surface area contributed by atoms with Crippen LogP contribution in [0.3, 0.4) is 0 Å². The van der Waals surface area contributed by atoms with Crippen LogP contribution in [0.15, 0.2) is 71.7 Å². The number of thioether (sulfide) groups is 1. The quantitative estimate of drug-likeness (QED) is 0.256. The first-order valence-electron chi connectivity index (χ1n) is 11.0. The molecule has 0 bridgehead atoms. The Morgan fingerprint density at radius 1 is 0.676 bits per heavy atom. The van der Waals surface area contributed by atoms with Crippen LogP contribution in [0.25, 0.3) is 0 Å². The number of hydrogen-bond donors (Lipinski definition) is 0. The number of hydrogen-bond acceptors (Lipinski definition) is 6. The zero-order chi connectivity index (χ0) is 24.3. The average molecular weight is 481 g/mol. The molecule has 180 valence electrons. The Hall–Kier alpha value is -3.32. The van der Waals surface area contributed by atoms with Crippen LogP contribution >= 0.6 is 11.8 Å². The number of amidine groups is 1. The summed E-state index contributed by atoms with van der Waals surface area (Å²) in [5.74, 6) is 3.98. The van der Waals surface area contributed by atoms with Crippen LogP contribution in [-0.4, -0.2) is 44.3 Å². The van der Waals surface area contributed by atoms with Crippen molar-refractivity contribution >= 4 is 22.6 Å². The van der Waals surface area contributed by atoms with E-state index < -0.39 is 0 Å². The SMILES string of the molecule is CCSC(=Nc1cc(OC)cc(OC)c1)N(Cc1ccc(OC)cc1)Cc1ccc(OC)cc1. The maximum Gasteiger partial charge on any atom is 0.164 e. The third-order valence-electron chi connectivity index (χ3n) is 5.17. The standard InChI is InChI=1S/C27H32N2O4S/c1-6-34-27(28-22-15-25(32-4)17-26(16-22)33-5)29(18-20-7-11-23(30-2)12-8-20)19-21-9-13-24(31-3)14-10-21/h7-17H,6,18-19H2,1-5H3. The summed E-state index contributed by atoms with van der Waals surface area (Å²) in [6, 6.07) is 22.0. The Morgan fingerprint density at radius 3 is 1.50 bits per heavy atom. The molecule has 3 rings (SSSR count). The van der Waals surface area contributed by atoms with Crippen molar-refractivity contribution < 1.29 is 18.9 Å². The van der Waals surface area contributed by atoms with Gasteiger partial charge in [-0.15, -0.1) is 0 Å². The summed E-state index contributed by atoms with van der Waals surface area (Å²) < 4.78 is 21.5. The molecule has 3 aromatic carbocycles. The van der Waals surface area contributed by atoms with Crippen LogP contribution in [0.2, 0.25) is 0 Å². The van der Waals surface area contributed by atoms with E-state index in [1.54, 1.807) is 40.2 Å². The Morgan fingerprint density at radius 2 is 1.12 bits per heavy atom. The number of aliphatic imine (C=N–C) groups is 1. The van der Waals surface area contributed by atoms with E-state index >= 15 is 0 Å². The van der Waals surface area contributed by atoms with Crippen molar-refractivity contribution in [3.05, 3.63) is 77.9 Å². The lowest BCUT2D eigenvalue weighted by atomic mass is 10.1. The Kier molecular flexibility index (Phi) is 9.52. The number of methoxy groups -OCH3 is 4. The molecule has 0 saturated heterocycles. The monoisotopic (exact) mass is 480 g/mol. The maximum absolute atomic E-state index is 5.44. The molecular formula is C27H32N2O4S. The topological polar surface area (TPSA) is 52.5 Å². The minimum atomic E-state index is 0.697. The fraction of sp³-hybridized carbons (Fsp3) is 0.296. The minimum Gasteiger partial charge on any atom is -0.497 e. The van der Waals surface area contributed by atoms with E-state index in [0.29, 0.717) is 24.6 Å². The molecule has 0 unspecified atom stereocenters. The molecular weight excluding hydrogens is 448 g/mol. The fourth-order valence-corrected chi connectivity index (χ4v) is 4.12. The summed E-state index contributed by atoms with van der Waals surface area (Å²) in [7, 11) is 6.64. The first-order valence-corrected chi connectivity index (χ1v) is 12.0. The molecule has 7 heteroatoms. The van der Waals surface area contributed by atoms with Gasteiger partial charge >= 0.3 is 0 Å². The van der Waals surface area contributed by atoms with E-state index in [0.717, 1.165) is 28.1 Å². The average Bonchev–Trinajstić information content (AvgIpc) is 2.88. The summed E-state index contributed by atoms with van der Waals surface area (Å²) >= 11 is 1.70. The Balaban J connectivity index is 1.99. The van der Waals surface area contributed by atoms with Gasteiger partial charge in [-0.25, -0.2) is 4.99 Å². The lowest BCUT2D eigenvalue weighted by molar-refractivity contribution is 0.394. The van der Waals surface area contributed by atoms with Crippen LogP contribution in [0.5, 0.6) is 23.0 Å². The smallest absolute Gasteiger partial charge is 0.164 e. The molecule has 0 heterocycles. The van der Waals surface area contributed by atoms with Crippen LogP contribution in [0.1, 0.15) is 18.1 Å². The highest BCUT2D eigenvalue weighted by molar-refractivity contribution is 8.13. The lowest BCUT2D eigenvalue weighted by Crippen LogP contribution is -2.28. The summed E-state index contributed by atoms with van der Waals surface area (Å²) in [5, 5.41) is 0.921. The fourth-order valence-electron chi connectivity index (χ4n) is 3.38. The van der Waals surface area contributed by atoms with Gasteiger partial charge in [0.05, 0.1) is 34.1 Å². The zero-order valence-electron chi connectivity index (χ0n) is 20.4. The third-order valence-corrected chi connectivity index (χ3v) is 6.07. The second kappa shape index (κ2) is 12.8. The van der Waals surface area contributed by atoms with Crippen molar-refractivity contribution in [1.29, 1.82) is 0 Å². The van der Waals surface area contributed by atoms with E-state index in [4.69, 9.17) is 23.9 Å². The summed E-state index contributed by atoms with van der Waals surface area (Å²) in [4.78, 5) is 7.30. The van der Waals surface area contributed by atoms with E-state index in [1.165, 1.54) is 11.1 Å². The van der Waals surface area contributed by atoms with Crippen molar-refractivity contribution in [1.82, 2.24) is 4.90 Å². The largest absolute Gasteiger partial charge is 0.497 e. The first-order chi connectivity index (χ1) is 16.6. The molecule has 0 aliphatic rings. The number of nitrogens with zero attached hydrogens (tertiary/aromatic N) is 2. The van der Waals surface area contributed by atoms with Crippen LogP contribution in [0, 0.1) is 0 Å². The first kappa shape index (κ1) is 25.3. The van der Waals surface area contributed by atoms with E-state index in [-0.39, 0.29) is 0 Å². The van der Waals surface area contributed by atoms with Crippen molar-refractivity contribution in [3.8, 4) is 23.0 Å². The lowest BCUT2D eigenvalue weighted by Gasteiger charge is -2.26. The van der Waals surface area contributed by atoms with Gasteiger partial charge in [0.15, 0.2) is 5.17 Å². The van der Waals surface area contributed by atoms with Crippen LogP contribution in [-0.2, 0) is 13.1 Å². The molecule has 0 atom stereocenters. The highest BCUT2D eigenvalue weighted by Gasteiger charge is 2.15. The number of benzene rings is 3. The zero-order valence-corrected chi connectivity index (χ0v) is 21.2. The van der Waals surface area contributed by atoms with Gasteiger partial charge in [-0.05, 0) is 41.1 Å². The maximum atomic E-state index is 5.44. The van der Waals surface area contributed by atoms with Crippen molar-refractivity contribution in [2.45, 2.75) is 20.0 Å².